The summed E-state index contributed by atoms with van der Waals surface area (Å²) in [5, 5.41) is 11.7. The normalized spacial score (nSPS) is 11.2. The van der Waals surface area contributed by atoms with E-state index in [1.807, 2.05) is 0 Å². The van der Waals surface area contributed by atoms with E-state index in [1.54, 1.807) is 13.8 Å². The zero-order valence-corrected chi connectivity index (χ0v) is 11.8. The lowest BCUT2D eigenvalue weighted by Gasteiger charge is -2.23. The van der Waals surface area contributed by atoms with Crippen molar-refractivity contribution in [2.24, 2.45) is 0 Å². The van der Waals surface area contributed by atoms with E-state index in [1.165, 1.54) is 24.3 Å². The molecule has 0 aliphatic heterocycles. The van der Waals surface area contributed by atoms with Gasteiger partial charge in [0.2, 0.25) is 5.91 Å². The zero-order valence-electron chi connectivity index (χ0n) is 11.8. The molecule has 2 N–H and O–H groups in total. The molecule has 0 atom stereocenters. The second-order valence-corrected chi connectivity index (χ2v) is 5.37. The van der Waals surface area contributed by atoms with Gasteiger partial charge in [-0.3, -0.25) is 9.59 Å². The monoisotopic (exact) mass is 281 g/mol. The molecular weight excluding hydrogens is 261 g/mol. The summed E-state index contributed by atoms with van der Waals surface area (Å²) in [5.74, 6) is -0.692. The number of carbonyl (C=O) groups is 2. The summed E-state index contributed by atoms with van der Waals surface area (Å²) in [4.78, 5) is 23.4. The molecule has 4 nitrogen and oxygen atoms in total. The largest absolute Gasteiger partial charge is 0.394 e. The summed E-state index contributed by atoms with van der Waals surface area (Å²) >= 11 is 0. The number of rotatable bonds is 7. The second kappa shape index (κ2) is 7.14. The van der Waals surface area contributed by atoms with Crippen LogP contribution in [0.5, 0.6) is 0 Å². The van der Waals surface area contributed by atoms with E-state index in [9.17, 15) is 14.0 Å². The number of benzene rings is 1. The average Bonchev–Trinajstić information content (AvgIpc) is 2.38. The highest BCUT2D eigenvalue weighted by Gasteiger charge is 2.18. The summed E-state index contributed by atoms with van der Waals surface area (Å²) in [6.07, 6.45) is 0.874. The fourth-order valence-electron chi connectivity index (χ4n) is 1.67. The average molecular weight is 281 g/mol. The van der Waals surface area contributed by atoms with Crippen molar-refractivity contribution in [2.45, 2.75) is 38.6 Å². The molecule has 0 fully saturated rings. The summed E-state index contributed by atoms with van der Waals surface area (Å²) in [6, 6.07) is 5.35. The maximum absolute atomic E-state index is 12.7. The van der Waals surface area contributed by atoms with Crippen LogP contribution in [0.4, 0.5) is 4.39 Å². The number of aliphatic hydroxyl groups excluding tert-OH is 1. The van der Waals surface area contributed by atoms with E-state index in [-0.39, 0.29) is 37.0 Å². The maximum atomic E-state index is 12.7. The molecule has 110 valence electrons. The third-order valence-electron chi connectivity index (χ3n) is 2.85. The van der Waals surface area contributed by atoms with Crippen molar-refractivity contribution in [3.8, 4) is 0 Å². The molecule has 0 unspecified atom stereocenters. The van der Waals surface area contributed by atoms with Gasteiger partial charge in [0.25, 0.3) is 0 Å². The van der Waals surface area contributed by atoms with Crippen LogP contribution in [-0.2, 0) is 4.79 Å². The van der Waals surface area contributed by atoms with Crippen LogP contribution in [0.2, 0.25) is 0 Å². The predicted molar refractivity (Wildman–Crippen MR) is 73.9 cm³/mol. The first-order valence-electron chi connectivity index (χ1n) is 6.55. The Morgan fingerprint density at radius 3 is 2.35 bits per heavy atom. The van der Waals surface area contributed by atoms with Gasteiger partial charge in [0.15, 0.2) is 5.78 Å². The van der Waals surface area contributed by atoms with Gasteiger partial charge in [0.05, 0.1) is 12.1 Å². The Morgan fingerprint density at radius 1 is 1.20 bits per heavy atom. The fourth-order valence-corrected chi connectivity index (χ4v) is 1.67. The molecule has 0 radical (unpaired) electrons. The number of halogens is 1. The Hall–Kier alpha value is -1.75. The molecule has 0 bridgehead atoms. The van der Waals surface area contributed by atoms with Crippen LogP contribution in [0.1, 0.15) is 43.5 Å². The Labute approximate surface area is 118 Å². The number of hydrogen-bond acceptors (Lipinski definition) is 3. The smallest absolute Gasteiger partial charge is 0.220 e. The number of amides is 1. The molecule has 1 amide bonds. The van der Waals surface area contributed by atoms with E-state index in [4.69, 9.17) is 5.11 Å². The van der Waals surface area contributed by atoms with Crippen LogP contribution in [-0.4, -0.2) is 28.9 Å². The Bertz CT molecular complexity index is 469. The van der Waals surface area contributed by atoms with Crippen LogP contribution in [0.15, 0.2) is 24.3 Å². The lowest BCUT2D eigenvalue weighted by Crippen LogP contribution is -2.46. The molecule has 0 aliphatic carbocycles. The van der Waals surface area contributed by atoms with Crippen LogP contribution >= 0.6 is 0 Å². The van der Waals surface area contributed by atoms with Gasteiger partial charge in [-0.05, 0) is 44.5 Å². The van der Waals surface area contributed by atoms with Gasteiger partial charge >= 0.3 is 0 Å². The van der Waals surface area contributed by atoms with Crippen molar-refractivity contribution in [2.75, 3.05) is 6.61 Å². The molecule has 20 heavy (non-hydrogen) atoms. The van der Waals surface area contributed by atoms with Crippen molar-refractivity contribution in [3.05, 3.63) is 35.6 Å². The Balaban J connectivity index is 2.35. The van der Waals surface area contributed by atoms with Crippen molar-refractivity contribution in [1.82, 2.24) is 5.32 Å². The molecule has 0 aliphatic rings. The first-order valence-corrected chi connectivity index (χ1v) is 6.55. The van der Waals surface area contributed by atoms with Crippen molar-refractivity contribution in [3.63, 3.8) is 0 Å². The maximum Gasteiger partial charge on any atom is 0.220 e. The molecule has 0 spiro atoms. The van der Waals surface area contributed by atoms with Gasteiger partial charge in [-0.25, -0.2) is 4.39 Å². The van der Waals surface area contributed by atoms with Crippen molar-refractivity contribution < 1.29 is 19.1 Å². The molecule has 0 saturated heterocycles. The van der Waals surface area contributed by atoms with Gasteiger partial charge in [0.1, 0.15) is 5.82 Å². The van der Waals surface area contributed by atoms with Gasteiger partial charge in [-0.15, -0.1) is 0 Å². The zero-order chi connectivity index (χ0) is 15.2. The van der Waals surface area contributed by atoms with Crippen molar-refractivity contribution in [1.29, 1.82) is 0 Å². The van der Waals surface area contributed by atoms with Gasteiger partial charge in [0, 0.05) is 18.4 Å². The number of nitrogens with one attached hydrogen (secondary N) is 1. The number of hydrogen-bond donors (Lipinski definition) is 2. The number of Topliss-reactive ketones (excluding diaryl/α,β-unsaturated/α-hetero) is 1. The minimum Gasteiger partial charge on any atom is -0.394 e. The highest BCUT2D eigenvalue weighted by molar-refractivity contribution is 5.96. The molecule has 1 aromatic carbocycles. The second-order valence-electron chi connectivity index (χ2n) is 5.37. The minimum atomic E-state index is -0.655. The lowest BCUT2D eigenvalue weighted by atomic mass is 10.0. The van der Waals surface area contributed by atoms with Crippen LogP contribution in [0.25, 0.3) is 0 Å². The van der Waals surface area contributed by atoms with E-state index in [0.29, 0.717) is 12.0 Å². The van der Waals surface area contributed by atoms with Gasteiger partial charge in [-0.1, -0.05) is 0 Å². The molecule has 5 heteroatoms. The van der Waals surface area contributed by atoms with Gasteiger partial charge < -0.3 is 10.4 Å². The van der Waals surface area contributed by atoms with Crippen molar-refractivity contribution >= 4 is 11.7 Å². The third-order valence-corrected chi connectivity index (χ3v) is 2.85. The fraction of sp³-hybridized carbons (Fsp3) is 0.467. The number of aliphatic hydroxyl groups is 1. The third kappa shape index (κ3) is 5.48. The Kier molecular flexibility index (Phi) is 5.82. The van der Waals surface area contributed by atoms with E-state index >= 15 is 0 Å². The predicted octanol–water partition coefficient (Wildman–Crippen LogP) is 2.07. The molecule has 0 saturated carbocycles. The van der Waals surface area contributed by atoms with E-state index in [0.717, 1.165) is 0 Å². The standard InChI is InChI=1S/C15H20FNO3/c1-15(2,10-18)17-14(20)5-3-4-13(19)11-6-8-12(16)9-7-11/h6-9,18H,3-5,10H2,1-2H3,(H,17,20). The summed E-state index contributed by atoms with van der Waals surface area (Å²) in [6.45, 7) is 3.29. The number of ketones is 1. The number of carbonyl (C=O) groups excluding carboxylic acids is 2. The SMILES string of the molecule is CC(C)(CO)NC(=O)CCCC(=O)c1ccc(F)cc1. The molecule has 1 aromatic rings. The molecule has 0 heterocycles. The van der Waals surface area contributed by atoms with Crippen LogP contribution in [0.3, 0.4) is 0 Å². The Morgan fingerprint density at radius 2 is 1.80 bits per heavy atom. The van der Waals surface area contributed by atoms with Gasteiger partial charge in [-0.2, -0.15) is 0 Å². The summed E-state index contributed by atoms with van der Waals surface area (Å²) in [7, 11) is 0. The van der Waals surface area contributed by atoms with Crippen LogP contribution < -0.4 is 5.32 Å². The molecular formula is C15H20FNO3. The quantitative estimate of drug-likeness (QED) is 0.752. The summed E-state index contributed by atoms with van der Waals surface area (Å²) in [5.41, 5.74) is -0.208. The topological polar surface area (TPSA) is 66.4 Å². The van der Waals surface area contributed by atoms with E-state index < -0.39 is 5.54 Å². The molecule has 0 aromatic heterocycles. The molecule has 1 rings (SSSR count). The lowest BCUT2D eigenvalue weighted by molar-refractivity contribution is -0.123. The minimum absolute atomic E-state index is 0.112. The first-order chi connectivity index (χ1) is 9.34. The summed E-state index contributed by atoms with van der Waals surface area (Å²) < 4.78 is 12.7. The highest BCUT2D eigenvalue weighted by Crippen LogP contribution is 2.09. The first kappa shape index (κ1) is 16.3. The van der Waals surface area contributed by atoms with E-state index in [2.05, 4.69) is 5.32 Å². The highest BCUT2D eigenvalue weighted by atomic mass is 19.1. The van der Waals surface area contributed by atoms with Crippen LogP contribution in [0, 0.1) is 5.82 Å².